The molecule has 7 heteroatoms. The standard InChI is InChI=1S/C26H21F3N2O2/c1-2-33-20-13-9-18(10-14-20)24-15-22(21-5-3-4-6-23(21)31-24)25(32)30-16-17-7-11-19(12-8-17)26(27,28)29/h3-15H,2,16H2,1H3,(H,30,32). The van der Waals surface area contributed by atoms with E-state index in [0.717, 1.165) is 23.4 Å². The molecule has 0 aliphatic heterocycles. The normalized spacial score (nSPS) is 11.4. The Balaban J connectivity index is 1.60. The van der Waals surface area contributed by atoms with Gasteiger partial charge in [-0.15, -0.1) is 0 Å². The smallest absolute Gasteiger partial charge is 0.416 e. The lowest BCUT2D eigenvalue weighted by molar-refractivity contribution is -0.137. The lowest BCUT2D eigenvalue weighted by Gasteiger charge is -2.12. The maximum absolute atomic E-state index is 13.0. The molecule has 0 aliphatic carbocycles. The number of fused-ring (bicyclic) bond motifs is 1. The van der Waals surface area contributed by atoms with E-state index in [1.54, 1.807) is 6.07 Å². The van der Waals surface area contributed by atoms with E-state index in [-0.39, 0.29) is 12.5 Å². The summed E-state index contributed by atoms with van der Waals surface area (Å²) >= 11 is 0. The molecule has 4 nitrogen and oxygen atoms in total. The molecule has 0 spiro atoms. The van der Waals surface area contributed by atoms with Crippen molar-refractivity contribution in [1.29, 1.82) is 0 Å². The molecule has 0 saturated heterocycles. The van der Waals surface area contributed by atoms with E-state index in [4.69, 9.17) is 4.74 Å². The Kier molecular flexibility index (Phi) is 6.31. The molecule has 1 aromatic heterocycles. The third-order valence-corrected chi connectivity index (χ3v) is 5.16. The average molecular weight is 450 g/mol. The summed E-state index contributed by atoms with van der Waals surface area (Å²) in [5.41, 5.74) is 2.43. The van der Waals surface area contributed by atoms with Crippen molar-refractivity contribution < 1.29 is 22.7 Å². The van der Waals surface area contributed by atoms with Crippen molar-refractivity contribution in [2.75, 3.05) is 6.61 Å². The van der Waals surface area contributed by atoms with Gasteiger partial charge < -0.3 is 10.1 Å². The predicted octanol–water partition coefficient (Wildman–Crippen LogP) is 6.25. The van der Waals surface area contributed by atoms with Crippen molar-refractivity contribution in [3.05, 3.63) is 95.6 Å². The van der Waals surface area contributed by atoms with Crippen LogP contribution in [-0.2, 0) is 12.7 Å². The fraction of sp³-hybridized carbons (Fsp3) is 0.154. The first kappa shape index (κ1) is 22.3. The molecular weight excluding hydrogens is 429 g/mol. The number of aromatic nitrogens is 1. The Bertz CT molecular complexity index is 1270. The van der Waals surface area contributed by atoms with E-state index >= 15 is 0 Å². The van der Waals surface area contributed by atoms with Crippen molar-refractivity contribution in [1.82, 2.24) is 10.3 Å². The number of halogens is 3. The third-order valence-electron chi connectivity index (χ3n) is 5.16. The number of hydrogen-bond acceptors (Lipinski definition) is 3. The molecule has 0 aliphatic rings. The quantitative estimate of drug-likeness (QED) is 0.378. The lowest BCUT2D eigenvalue weighted by atomic mass is 10.0. The number of alkyl halides is 3. The van der Waals surface area contributed by atoms with Crippen LogP contribution in [0, 0.1) is 0 Å². The van der Waals surface area contributed by atoms with Gasteiger partial charge in [0.1, 0.15) is 5.75 Å². The Morgan fingerprint density at radius 1 is 0.970 bits per heavy atom. The van der Waals surface area contributed by atoms with Gasteiger partial charge in [0.25, 0.3) is 5.91 Å². The fourth-order valence-electron chi connectivity index (χ4n) is 3.49. The molecule has 3 aromatic carbocycles. The number of benzene rings is 3. The monoisotopic (exact) mass is 450 g/mol. The van der Waals surface area contributed by atoms with Crippen molar-refractivity contribution in [3.63, 3.8) is 0 Å². The highest BCUT2D eigenvalue weighted by Gasteiger charge is 2.29. The highest BCUT2D eigenvalue weighted by atomic mass is 19.4. The summed E-state index contributed by atoms with van der Waals surface area (Å²) in [6, 6.07) is 21.2. The van der Waals surface area contributed by atoms with Gasteiger partial charge in [-0.1, -0.05) is 30.3 Å². The van der Waals surface area contributed by atoms with Crippen LogP contribution in [0.4, 0.5) is 13.2 Å². The minimum absolute atomic E-state index is 0.103. The van der Waals surface area contributed by atoms with E-state index in [2.05, 4.69) is 10.3 Å². The molecule has 0 fully saturated rings. The largest absolute Gasteiger partial charge is 0.494 e. The number of rotatable bonds is 6. The van der Waals surface area contributed by atoms with E-state index in [0.29, 0.717) is 34.3 Å². The Hall–Kier alpha value is -3.87. The summed E-state index contributed by atoms with van der Waals surface area (Å²) in [6.45, 7) is 2.58. The SMILES string of the molecule is CCOc1ccc(-c2cc(C(=O)NCc3ccc(C(F)(F)F)cc3)c3ccccc3n2)cc1. The van der Waals surface area contributed by atoms with Gasteiger partial charge in [-0.3, -0.25) is 4.79 Å². The van der Waals surface area contributed by atoms with Crippen LogP contribution in [0.25, 0.3) is 22.2 Å². The summed E-state index contributed by atoms with van der Waals surface area (Å²) < 4.78 is 43.8. The molecule has 0 radical (unpaired) electrons. The van der Waals surface area contributed by atoms with Gasteiger partial charge in [0.2, 0.25) is 0 Å². The molecule has 4 aromatic rings. The number of carbonyl (C=O) groups is 1. The highest BCUT2D eigenvalue weighted by molar-refractivity contribution is 6.07. The van der Waals surface area contributed by atoms with Crippen LogP contribution in [0.5, 0.6) is 5.75 Å². The Morgan fingerprint density at radius 2 is 1.67 bits per heavy atom. The molecule has 0 saturated carbocycles. The van der Waals surface area contributed by atoms with E-state index < -0.39 is 11.7 Å². The second kappa shape index (κ2) is 9.32. The molecule has 0 atom stereocenters. The molecule has 168 valence electrons. The van der Waals surface area contributed by atoms with Crippen molar-refractivity contribution in [3.8, 4) is 17.0 Å². The Labute approximate surface area is 189 Å². The second-order valence-corrected chi connectivity index (χ2v) is 7.41. The van der Waals surface area contributed by atoms with Gasteiger partial charge in [0, 0.05) is 17.5 Å². The van der Waals surface area contributed by atoms with E-state index in [1.165, 1.54) is 12.1 Å². The van der Waals surface area contributed by atoms with E-state index in [1.807, 2.05) is 55.5 Å². The maximum Gasteiger partial charge on any atom is 0.416 e. The van der Waals surface area contributed by atoms with Crippen molar-refractivity contribution in [2.24, 2.45) is 0 Å². The first-order valence-electron chi connectivity index (χ1n) is 10.4. The average Bonchev–Trinajstić information content (AvgIpc) is 2.82. The minimum Gasteiger partial charge on any atom is -0.494 e. The summed E-state index contributed by atoms with van der Waals surface area (Å²) in [5, 5.41) is 3.49. The lowest BCUT2D eigenvalue weighted by Crippen LogP contribution is -2.23. The van der Waals surface area contributed by atoms with Gasteiger partial charge in [-0.05, 0) is 61.0 Å². The number of amides is 1. The number of ether oxygens (including phenoxy) is 1. The summed E-state index contributed by atoms with van der Waals surface area (Å²) in [7, 11) is 0. The van der Waals surface area contributed by atoms with Crippen LogP contribution < -0.4 is 10.1 Å². The van der Waals surface area contributed by atoms with Crippen molar-refractivity contribution in [2.45, 2.75) is 19.6 Å². The summed E-state index contributed by atoms with van der Waals surface area (Å²) in [6.07, 6.45) is -4.39. The zero-order valence-corrected chi connectivity index (χ0v) is 17.8. The van der Waals surface area contributed by atoms with E-state index in [9.17, 15) is 18.0 Å². The Morgan fingerprint density at radius 3 is 2.33 bits per heavy atom. The number of nitrogens with zero attached hydrogens (tertiary/aromatic N) is 1. The molecule has 4 rings (SSSR count). The minimum atomic E-state index is -4.39. The van der Waals surface area contributed by atoms with Gasteiger partial charge in [0.05, 0.1) is 28.9 Å². The zero-order valence-electron chi connectivity index (χ0n) is 17.8. The number of hydrogen-bond donors (Lipinski definition) is 1. The van der Waals surface area contributed by atoms with Crippen LogP contribution in [0.2, 0.25) is 0 Å². The van der Waals surface area contributed by atoms with Crippen LogP contribution in [0.1, 0.15) is 28.4 Å². The van der Waals surface area contributed by atoms with Gasteiger partial charge in [-0.2, -0.15) is 13.2 Å². The van der Waals surface area contributed by atoms with Gasteiger partial charge in [-0.25, -0.2) is 4.98 Å². The summed E-state index contributed by atoms with van der Waals surface area (Å²) in [5.74, 6) is 0.414. The molecule has 1 N–H and O–H groups in total. The number of nitrogens with one attached hydrogen (secondary N) is 1. The molecule has 33 heavy (non-hydrogen) atoms. The van der Waals surface area contributed by atoms with Gasteiger partial charge in [0.15, 0.2) is 0 Å². The first-order chi connectivity index (χ1) is 15.8. The van der Waals surface area contributed by atoms with Crippen LogP contribution in [-0.4, -0.2) is 17.5 Å². The summed E-state index contributed by atoms with van der Waals surface area (Å²) in [4.78, 5) is 17.7. The molecule has 0 bridgehead atoms. The van der Waals surface area contributed by atoms with Crippen molar-refractivity contribution >= 4 is 16.8 Å². The molecule has 1 amide bonds. The van der Waals surface area contributed by atoms with Crippen LogP contribution in [0.15, 0.2) is 78.9 Å². The third kappa shape index (κ3) is 5.14. The van der Waals surface area contributed by atoms with Crippen LogP contribution >= 0.6 is 0 Å². The molecule has 1 heterocycles. The van der Waals surface area contributed by atoms with Gasteiger partial charge >= 0.3 is 6.18 Å². The zero-order chi connectivity index (χ0) is 23.4. The number of para-hydroxylation sites is 1. The molecular formula is C26H21F3N2O2. The van der Waals surface area contributed by atoms with Crippen LogP contribution in [0.3, 0.4) is 0 Å². The topological polar surface area (TPSA) is 51.2 Å². The first-order valence-corrected chi connectivity index (χ1v) is 10.4. The number of carbonyl (C=O) groups excluding carboxylic acids is 1. The highest BCUT2D eigenvalue weighted by Crippen LogP contribution is 2.29. The predicted molar refractivity (Wildman–Crippen MR) is 121 cm³/mol. The fourth-order valence-corrected chi connectivity index (χ4v) is 3.49. The number of pyridine rings is 1. The molecule has 0 unspecified atom stereocenters. The maximum atomic E-state index is 13.0. The second-order valence-electron chi connectivity index (χ2n) is 7.41.